The van der Waals surface area contributed by atoms with Crippen LogP contribution in [0.15, 0.2) is 24.3 Å². The summed E-state index contributed by atoms with van der Waals surface area (Å²) in [5.74, 6) is -0.0901. The molecule has 0 aliphatic heterocycles. The molecule has 1 rings (SSSR count). The second-order valence-corrected chi connectivity index (χ2v) is 5.19. The lowest BCUT2D eigenvalue weighted by molar-refractivity contribution is 0.463. The van der Waals surface area contributed by atoms with E-state index in [-0.39, 0.29) is 11.6 Å². The van der Waals surface area contributed by atoms with Crippen molar-refractivity contribution in [2.24, 2.45) is 0 Å². The van der Waals surface area contributed by atoms with Gasteiger partial charge in [0.2, 0.25) is 0 Å². The first-order valence-electron chi connectivity index (χ1n) is 4.76. The second-order valence-electron chi connectivity index (χ2n) is 4.14. The summed E-state index contributed by atoms with van der Waals surface area (Å²) in [5.41, 5.74) is 0.180. The number of hydrogen-bond acceptors (Lipinski definition) is 1. The Balaban J connectivity index is 2.85. The van der Waals surface area contributed by atoms with Crippen LogP contribution >= 0.6 is 0 Å². The maximum atomic E-state index is 13.5. The Morgan fingerprint density at radius 1 is 1.40 bits per heavy atom. The highest BCUT2D eigenvalue weighted by Gasteiger charge is 2.24. The second kappa shape index (κ2) is 4.86. The van der Waals surface area contributed by atoms with Crippen molar-refractivity contribution in [2.75, 3.05) is 5.75 Å². The highest BCUT2D eigenvalue weighted by molar-refractivity contribution is 7.79. The molecule has 0 amide bonds. The smallest absolute Gasteiger partial charge is 0.152 e. The summed E-state index contributed by atoms with van der Waals surface area (Å²) >= 11 is -1.81. The van der Waals surface area contributed by atoms with Crippen LogP contribution in [0.1, 0.15) is 25.8 Å². The molecule has 0 bridgehead atoms. The molecule has 0 spiro atoms. The van der Waals surface area contributed by atoms with Crippen LogP contribution in [0.25, 0.3) is 0 Å². The molecule has 1 unspecified atom stereocenters. The molecule has 1 aromatic carbocycles. The fraction of sp³-hybridized carbons (Fsp3) is 0.455. The van der Waals surface area contributed by atoms with E-state index >= 15 is 0 Å². The average Bonchev–Trinajstić information content (AvgIpc) is 2.15. The van der Waals surface area contributed by atoms with Gasteiger partial charge in [0.05, 0.1) is 5.75 Å². The van der Waals surface area contributed by atoms with Gasteiger partial charge in [-0.15, -0.1) is 0 Å². The highest BCUT2D eigenvalue weighted by Crippen LogP contribution is 2.28. The maximum absolute atomic E-state index is 13.5. The molecule has 0 heterocycles. The fourth-order valence-electron chi connectivity index (χ4n) is 1.49. The van der Waals surface area contributed by atoms with Crippen molar-refractivity contribution in [3.63, 3.8) is 0 Å². The molecular weight excluding hydrogens is 215 g/mol. The lowest BCUT2D eigenvalue weighted by Gasteiger charge is -2.24. The molecule has 0 aliphatic rings. The summed E-state index contributed by atoms with van der Waals surface area (Å²) in [6.07, 6.45) is 0.483. The molecule has 0 radical (unpaired) electrons. The van der Waals surface area contributed by atoms with Crippen LogP contribution in [0.2, 0.25) is 0 Å². The Morgan fingerprint density at radius 2 is 2.00 bits per heavy atom. The summed E-state index contributed by atoms with van der Waals surface area (Å²) in [6, 6.07) is 6.54. The Bertz CT molecular complexity index is 363. The van der Waals surface area contributed by atoms with Crippen LogP contribution in [0.4, 0.5) is 4.39 Å². The normalized spacial score (nSPS) is 13.9. The molecule has 0 fully saturated rings. The van der Waals surface area contributed by atoms with Gasteiger partial charge in [0.15, 0.2) is 11.1 Å². The van der Waals surface area contributed by atoms with Gasteiger partial charge in [0, 0.05) is 0 Å². The van der Waals surface area contributed by atoms with E-state index in [1.165, 1.54) is 6.07 Å². The van der Waals surface area contributed by atoms with Crippen LogP contribution in [0.5, 0.6) is 0 Å². The lowest BCUT2D eigenvalue weighted by atomic mass is 9.82. The molecule has 1 N–H and O–H groups in total. The molecule has 0 saturated heterocycles. The van der Waals surface area contributed by atoms with Crippen LogP contribution in [0, 0.1) is 5.82 Å². The Morgan fingerprint density at radius 3 is 2.53 bits per heavy atom. The molecule has 1 aromatic rings. The van der Waals surface area contributed by atoms with Gasteiger partial charge in [0.1, 0.15) is 5.82 Å². The maximum Gasteiger partial charge on any atom is 0.152 e. The molecule has 4 heteroatoms. The van der Waals surface area contributed by atoms with E-state index < -0.39 is 16.5 Å². The van der Waals surface area contributed by atoms with Crippen molar-refractivity contribution in [3.8, 4) is 0 Å². The van der Waals surface area contributed by atoms with Gasteiger partial charge < -0.3 is 4.55 Å². The SMILES string of the molecule is CC(C)(CCS(=O)O)c1ccccc1F. The minimum absolute atomic E-state index is 0.168. The van der Waals surface area contributed by atoms with Gasteiger partial charge in [-0.3, -0.25) is 0 Å². The monoisotopic (exact) mass is 230 g/mol. The molecular formula is C11H15FO2S. The zero-order valence-corrected chi connectivity index (χ0v) is 9.68. The predicted molar refractivity (Wildman–Crippen MR) is 59.7 cm³/mol. The van der Waals surface area contributed by atoms with Crippen molar-refractivity contribution < 1.29 is 13.2 Å². The van der Waals surface area contributed by atoms with Gasteiger partial charge in [-0.05, 0) is 23.5 Å². The molecule has 0 saturated carbocycles. The summed E-state index contributed by atoms with van der Waals surface area (Å²) in [6.45, 7) is 3.75. The van der Waals surface area contributed by atoms with Crippen molar-refractivity contribution >= 4 is 11.1 Å². The van der Waals surface area contributed by atoms with E-state index in [2.05, 4.69) is 0 Å². The minimum Gasteiger partial charge on any atom is -0.306 e. The molecule has 15 heavy (non-hydrogen) atoms. The Labute approximate surface area is 91.8 Å². The zero-order chi connectivity index (χ0) is 11.5. The zero-order valence-electron chi connectivity index (χ0n) is 8.87. The standard InChI is InChI=1S/C11H15FO2S/c1-11(2,7-8-15(13)14)9-5-3-4-6-10(9)12/h3-6H,7-8H2,1-2H3,(H,13,14). The largest absolute Gasteiger partial charge is 0.306 e. The number of rotatable bonds is 4. The lowest BCUT2D eigenvalue weighted by Crippen LogP contribution is -2.21. The van der Waals surface area contributed by atoms with Crippen molar-refractivity contribution in [1.29, 1.82) is 0 Å². The van der Waals surface area contributed by atoms with Gasteiger partial charge in [-0.25, -0.2) is 8.60 Å². The minimum atomic E-state index is -1.81. The van der Waals surface area contributed by atoms with Crippen molar-refractivity contribution in [3.05, 3.63) is 35.6 Å². The summed E-state index contributed by atoms with van der Waals surface area (Å²) in [5, 5.41) is 0. The van der Waals surface area contributed by atoms with Crippen LogP contribution in [0.3, 0.4) is 0 Å². The van der Waals surface area contributed by atoms with Gasteiger partial charge in [0.25, 0.3) is 0 Å². The average molecular weight is 230 g/mol. The van der Waals surface area contributed by atoms with E-state index in [1.807, 2.05) is 13.8 Å². The van der Waals surface area contributed by atoms with Crippen LogP contribution in [-0.4, -0.2) is 14.5 Å². The summed E-state index contributed by atoms with van der Waals surface area (Å²) in [7, 11) is 0. The third-order valence-electron chi connectivity index (χ3n) is 2.50. The number of benzene rings is 1. The highest BCUT2D eigenvalue weighted by atomic mass is 32.2. The topological polar surface area (TPSA) is 37.3 Å². The first-order chi connectivity index (χ1) is 6.93. The third-order valence-corrected chi connectivity index (χ3v) is 3.06. The van der Waals surface area contributed by atoms with Crippen LogP contribution < -0.4 is 0 Å². The molecule has 84 valence electrons. The molecule has 1 atom stereocenters. The van der Waals surface area contributed by atoms with Gasteiger partial charge >= 0.3 is 0 Å². The van der Waals surface area contributed by atoms with E-state index in [9.17, 15) is 8.60 Å². The Kier molecular flexibility index (Phi) is 3.99. The van der Waals surface area contributed by atoms with E-state index in [0.29, 0.717) is 12.0 Å². The number of hydrogen-bond donors (Lipinski definition) is 1. The molecule has 0 aliphatic carbocycles. The van der Waals surface area contributed by atoms with E-state index in [4.69, 9.17) is 4.55 Å². The summed E-state index contributed by atoms with van der Waals surface area (Å²) < 4.78 is 32.8. The predicted octanol–water partition coefficient (Wildman–Crippen LogP) is 2.72. The van der Waals surface area contributed by atoms with E-state index in [1.54, 1.807) is 18.2 Å². The first-order valence-corrected chi connectivity index (χ1v) is 6.03. The summed E-state index contributed by atoms with van der Waals surface area (Å²) in [4.78, 5) is 0. The third kappa shape index (κ3) is 3.39. The molecule has 0 aromatic heterocycles. The number of halogens is 1. The van der Waals surface area contributed by atoms with E-state index in [0.717, 1.165) is 0 Å². The first kappa shape index (κ1) is 12.3. The Hall–Kier alpha value is -0.740. The van der Waals surface area contributed by atoms with Crippen molar-refractivity contribution in [1.82, 2.24) is 0 Å². The quantitative estimate of drug-likeness (QED) is 0.807. The van der Waals surface area contributed by atoms with Gasteiger partial charge in [-0.1, -0.05) is 32.0 Å². The fourth-order valence-corrected chi connectivity index (χ4v) is 2.17. The molecule has 2 nitrogen and oxygen atoms in total. The van der Waals surface area contributed by atoms with Crippen LogP contribution in [-0.2, 0) is 16.5 Å². The van der Waals surface area contributed by atoms with Crippen molar-refractivity contribution in [2.45, 2.75) is 25.7 Å². The van der Waals surface area contributed by atoms with Gasteiger partial charge in [-0.2, -0.15) is 0 Å².